The van der Waals surface area contributed by atoms with Crippen LogP contribution in [0.15, 0.2) is 22.3 Å². The Morgan fingerprint density at radius 2 is 2.20 bits per heavy atom. The Morgan fingerprint density at radius 1 is 1.27 bits per heavy atom. The number of carbonyl (C=O) groups is 1. The van der Waals surface area contributed by atoms with Crippen molar-refractivity contribution in [1.82, 2.24) is 19.8 Å². The van der Waals surface area contributed by atoms with Crippen molar-refractivity contribution in [3.8, 4) is 0 Å². The van der Waals surface area contributed by atoms with Crippen LogP contribution >= 0.6 is 11.3 Å². The first kappa shape index (κ1) is 19.9. The molecule has 0 radical (unpaired) electrons. The third-order valence-electron chi connectivity index (χ3n) is 6.44. The molecular formula is C22H28N4O3S. The van der Waals surface area contributed by atoms with Gasteiger partial charge in [-0.2, -0.15) is 0 Å². The van der Waals surface area contributed by atoms with E-state index in [2.05, 4.69) is 27.4 Å². The van der Waals surface area contributed by atoms with E-state index >= 15 is 0 Å². The van der Waals surface area contributed by atoms with Gasteiger partial charge in [0, 0.05) is 43.2 Å². The monoisotopic (exact) mass is 428 g/mol. The van der Waals surface area contributed by atoms with E-state index in [1.807, 2.05) is 4.90 Å². The second-order valence-corrected chi connectivity index (χ2v) is 9.49. The lowest BCUT2D eigenvalue weighted by Crippen LogP contribution is -2.45. The molecule has 2 aromatic heterocycles. The molecule has 0 aromatic carbocycles. The van der Waals surface area contributed by atoms with Gasteiger partial charge < -0.3 is 14.6 Å². The molecule has 2 saturated heterocycles. The first-order valence-corrected chi connectivity index (χ1v) is 11.9. The van der Waals surface area contributed by atoms with Gasteiger partial charge in [-0.25, -0.2) is 4.98 Å². The summed E-state index contributed by atoms with van der Waals surface area (Å²) in [7, 11) is 0. The number of nitrogens with one attached hydrogen (secondary N) is 1. The third-order valence-corrected chi connectivity index (χ3v) is 7.30. The zero-order valence-corrected chi connectivity index (χ0v) is 18.0. The Morgan fingerprint density at radius 3 is 3.00 bits per heavy atom. The van der Waals surface area contributed by atoms with E-state index < -0.39 is 0 Å². The topological polar surface area (TPSA) is 78.5 Å². The fourth-order valence-corrected chi connectivity index (χ4v) is 5.61. The lowest BCUT2D eigenvalue weighted by molar-refractivity contribution is -0.145. The number of likely N-dealkylation sites (tertiary alicyclic amines) is 1. The summed E-state index contributed by atoms with van der Waals surface area (Å²) in [6, 6.07) is 4.05. The second-order valence-electron chi connectivity index (χ2n) is 8.46. The molecule has 1 N–H and O–H groups in total. The van der Waals surface area contributed by atoms with Crippen LogP contribution in [0.1, 0.15) is 60.1 Å². The van der Waals surface area contributed by atoms with Crippen molar-refractivity contribution in [2.45, 2.75) is 63.8 Å². The number of rotatable bonds is 4. The van der Waals surface area contributed by atoms with Crippen molar-refractivity contribution in [2.75, 3.05) is 19.7 Å². The number of hydrogen-bond donors (Lipinski definition) is 1. The predicted molar refractivity (Wildman–Crippen MR) is 114 cm³/mol. The highest BCUT2D eigenvalue weighted by atomic mass is 32.1. The summed E-state index contributed by atoms with van der Waals surface area (Å²) >= 11 is 1.76. The molecule has 2 atom stereocenters. The van der Waals surface area contributed by atoms with Gasteiger partial charge in [0.25, 0.3) is 11.5 Å². The molecule has 160 valence electrons. The van der Waals surface area contributed by atoms with E-state index in [1.165, 1.54) is 4.88 Å². The maximum absolute atomic E-state index is 13.1. The number of amides is 1. The zero-order chi connectivity index (χ0) is 20.5. The normalized spacial score (nSPS) is 24.7. The quantitative estimate of drug-likeness (QED) is 0.810. The lowest BCUT2D eigenvalue weighted by Gasteiger charge is -2.37. The number of aromatic nitrogens is 2. The largest absolute Gasteiger partial charge is 0.368 e. The van der Waals surface area contributed by atoms with E-state index in [4.69, 9.17) is 9.72 Å². The molecule has 0 bridgehead atoms. The van der Waals surface area contributed by atoms with Crippen LogP contribution < -0.4 is 5.56 Å². The fraction of sp³-hybridized carbons (Fsp3) is 0.591. The van der Waals surface area contributed by atoms with Crippen LogP contribution in [0, 0.1) is 0 Å². The maximum Gasteiger partial charge on any atom is 0.254 e. The minimum atomic E-state index is -0.337. The molecule has 3 aliphatic heterocycles. The smallest absolute Gasteiger partial charge is 0.254 e. The minimum Gasteiger partial charge on any atom is -0.368 e. The number of thiophene rings is 1. The van der Waals surface area contributed by atoms with Gasteiger partial charge in [0.1, 0.15) is 11.9 Å². The van der Waals surface area contributed by atoms with Crippen molar-refractivity contribution >= 4 is 17.2 Å². The van der Waals surface area contributed by atoms with Gasteiger partial charge in [-0.3, -0.25) is 14.5 Å². The Hall–Kier alpha value is -2.03. The molecule has 3 aliphatic rings. The summed E-state index contributed by atoms with van der Waals surface area (Å²) in [5.41, 5.74) is 1.63. The molecule has 7 nitrogen and oxygen atoms in total. The molecule has 30 heavy (non-hydrogen) atoms. The van der Waals surface area contributed by atoms with E-state index in [-0.39, 0.29) is 23.6 Å². The molecule has 1 amide bonds. The van der Waals surface area contributed by atoms with Crippen molar-refractivity contribution in [3.63, 3.8) is 0 Å². The van der Waals surface area contributed by atoms with Gasteiger partial charge in [0.05, 0.1) is 11.7 Å². The van der Waals surface area contributed by atoms with Crippen molar-refractivity contribution in [3.05, 3.63) is 49.8 Å². The van der Waals surface area contributed by atoms with E-state index in [0.717, 1.165) is 56.5 Å². The molecule has 5 rings (SSSR count). The summed E-state index contributed by atoms with van der Waals surface area (Å²) < 4.78 is 5.64. The predicted octanol–water partition coefficient (Wildman–Crippen LogP) is 2.62. The van der Waals surface area contributed by atoms with Crippen LogP contribution in [-0.4, -0.2) is 51.5 Å². The first-order valence-electron chi connectivity index (χ1n) is 11.0. The molecule has 8 heteroatoms. The SMILES string of the molecule is O=C([C@H]1CCCO1)N1CCCC[C@H]1c1nc2c(c(=O)[nH]1)CCN(Cc1cccs1)C2. The Labute approximate surface area is 180 Å². The fourth-order valence-electron chi connectivity index (χ4n) is 4.87. The third kappa shape index (κ3) is 3.96. The minimum absolute atomic E-state index is 0.0409. The summed E-state index contributed by atoms with van der Waals surface area (Å²) in [4.78, 5) is 39.4. The standard InChI is InChI=1S/C22H28N4O3S/c27-21-16-8-10-25(13-15-5-4-12-30-15)14-17(16)23-20(24-21)18-6-1-2-9-26(18)22(28)19-7-3-11-29-19/h4-5,12,18-19H,1-3,6-11,13-14H2,(H,23,24,27)/t18-,19+/m0/s1. The summed E-state index contributed by atoms with van der Waals surface area (Å²) in [5, 5.41) is 2.09. The highest BCUT2D eigenvalue weighted by molar-refractivity contribution is 7.09. The molecule has 0 unspecified atom stereocenters. The van der Waals surface area contributed by atoms with E-state index in [1.54, 1.807) is 11.3 Å². The number of aromatic amines is 1. The van der Waals surface area contributed by atoms with Crippen LogP contribution in [0.3, 0.4) is 0 Å². The number of carbonyl (C=O) groups excluding carboxylic acids is 1. The number of hydrogen-bond acceptors (Lipinski definition) is 6. The molecular weight excluding hydrogens is 400 g/mol. The number of piperidine rings is 1. The summed E-state index contributed by atoms with van der Waals surface area (Å²) in [6.07, 6.45) is 4.95. The summed E-state index contributed by atoms with van der Waals surface area (Å²) in [6.45, 7) is 3.78. The van der Waals surface area contributed by atoms with Gasteiger partial charge in [0.2, 0.25) is 0 Å². The van der Waals surface area contributed by atoms with Crippen LogP contribution in [0.25, 0.3) is 0 Å². The average Bonchev–Trinajstić information content (AvgIpc) is 3.47. The molecule has 0 saturated carbocycles. The molecule has 2 aromatic rings. The molecule has 0 spiro atoms. The number of ether oxygens (including phenoxy) is 1. The van der Waals surface area contributed by atoms with E-state index in [0.29, 0.717) is 31.9 Å². The van der Waals surface area contributed by atoms with Crippen molar-refractivity contribution < 1.29 is 9.53 Å². The van der Waals surface area contributed by atoms with Crippen LogP contribution in [0.4, 0.5) is 0 Å². The lowest BCUT2D eigenvalue weighted by atomic mass is 9.99. The summed E-state index contributed by atoms with van der Waals surface area (Å²) in [5.74, 6) is 0.694. The average molecular weight is 429 g/mol. The molecule has 5 heterocycles. The Bertz CT molecular complexity index is 952. The van der Waals surface area contributed by atoms with Crippen molar-refractivity contribution in [2.24, 2.45) is 0 Å². The maximum atomic E-state index is 13.1. The molecule has 0 aliphatic carbocycles. The van der Waals surface area contributed by atoms with Gasteiger partial charge in [-0.15, -0.1) is 11.3 Å². The van der Waals surface area contributed by atoms with E-state index in [9.17, 15) is 9.59 Å². The Balaban J connectivity index is 1.39. The second kappa shape index (κ2) is 8.61. The van der Waals surface area contributed by atoms with Crippen LogP contribution in [0.2, 0.25) is 0 Å². The highest BCUT2D eigenvalue weighted by Gasteiger charge is 2.36. The van der Waals surface area contributed by atoms with Gasteiger partial charge in [-0.1, -0.05) is 6.07 Å². The number of fused-ring (bicyclic) bond motifs is 1. The van der Waals surface area contributed by atoms with Gasteiger partial charge in [0.15, 0.2) is 0 Å². The number of nitrogens with zero attached hydrogens (tertiary/aromatic N) is 3. The number of H-pyrrole nitrogens is 1. The molecule has 2 fully saturated rings. The highest BCUT2D eigenvalue weighted by Crippen LogP contribution is 2.31. The van der Waals surface area contributed by atoms with Gasteiger partial charge >= 0.3 is 0 Å². The van der Waals surface area contributed by atoms with Gasteiger partial charge in [-0.05, 0) is 50.0 Å². The Kier molecular flexibility index (Phi) is 5.71. The zero-order valence-electron chi connectivity index (χ0n) is 17.1. The van der Waals surface area contributed by atoms with Crippen molar-refractivity contribution in [1.29, 1.82) is 0 Å². The van der Waals surface area contributed by atoms with Crippen LogP contribution in [0.5, 0.6) is 0 Å². The van der Waals surface area contributed by atoms with Crippen LogP contribution in [-0.2, 0) is 29.0 Å². The first-order chi connectivity index (χ1) is 14.7.